The summed E-state index contributed by atoms with van der Waals surface area (Å²) in [6.07, 6.45) is 9.83. The Kier molecular flexibility index (Phi) is 10.4. The molecule has 0 rings (SSSR count). The van der Waals surface area contributed by atoms with Crippen LogP contribution in [-0.4, -0.2) is 12.6 Å². The topological polar surface area (TPSA) is 12.0 Å². The van der Waals surface area contributed by atoms with E-state index in [4.69, 9.17) is 0 Å². The number of hydrogen-bond donors (Lipinski definition) is 1. The van der Waals surface area contributed by atoms with Crippen LogP contribution < -0.4 is 5.32 Å². The zero-order valence-corrected chi connectivity index (χ0v) is 11.3. The molecule has 1 nitrogen and oxygen atoms in total. The normalized spacial score (nSPS) is 13.4. The molecule has 0 aliphatic heterocycles. The minimum absolute atomic E-state index is 0.737. The van der Waals surface area contributed by atoms with Gasteiger partial charge in [-0.25, -0.2) is 0 Å². The van der Waals surface area contributed by atoms with E-state index in [-0.39, 0.29) is 0 Å². The highest BCUT2D eigenvalue weighted by Gasteiger charge is 2.10. The fourth-order valence-electron chi connectivity index (χ4n) is 2.08. The predicted octanol–water partition coefficient (Wildman–Crippen LogP) is 4.37. The average molecular weight is 213 g/mol. The molecular weight excluding hydrogens is 182 g/mol. The van der Waals surface area contributed by atoms with Gasteiger partial charge in [-0.3, -0.25) is 0 Å². The van der Waals surface area contributed by atoms with Crippen molar-refractivity contribution < 1.29 is 0 Å². The van der Waals surface area contributed by atoms with E-state index in [1.807, 2.05) is 0 Å². The highest BCUT2D eigenvalue weighted by molar-refractivity contribution is 4.69. The van der Waals surface area contributed by atoms with Crippen LogP contribution >= 0.6 is 0 Å². The molecule has 0 aromatic carbocycles. The van der Waals surface area contributed by atoms with Gasteiger partial charge in [0.1, 0.15) is 0 Å². The molecule has 0 radical (unpaired) electrons. The lowest BCUT2D eigenvalue weighted by Gasteiger charge is -2.21. The largest absolute Gasteiger partial charge is 0.314 e. The summed E-state index contributed by atoms with van der Waals surface area (Å²) in [6.45, 7) is 10.2. The third kappa shape index (κ3) is 8.92. The highest BCUT2D eigenvalue weighted by Crippen LogP contribution is 2.13. The molecule has 0 spiro atoms. The van der Waals surface area contributed by atoms with Crippen molar-refractivity contribution in [2.24, 2.45) is 5.92 Å². The van der Waals surface area contributed by atoms with Crippen molar-refractivity contribution >= 4 is 0 Å². The van der Waals surface area contributed by atoms with Crippen molar-refractivity contribution in [3.05, 3.63) is 0 Å². The molecule has 0 aliphatic rings. The van der Waals surface area contributed by atoms with Crippen LogP contribution in [0.5, 0.6) is 0 Å². The van der Waals surface area contributed by atoms with Gasteiger partial charge in [0.25, 0.3) is 0 Å². The Hall–Kier alpha value is -0.0400. The molecule has 0 aromatic heterocycles. The van der Waals surface area contributed by atoms with Crippen LogP contribution in [0.2, 0.25) is 0 Å². The van der Waals surface area contributed by atoms with E-state index in [1.165, 1.54) is 44.9 Å². The molecular formula is C14H31N. The molecule has 0 heterocycles. The van der Waals surface area contributed by atoms with Gasteiger partial charge in [-0.15, -0.1) is 0 Å². The summed E-state index contributed by atoms with van der Waals surface area (Å²) in [5, 5.41) is 3.58. The molecule has 1 atom stereocenters. The van der Waals surface area contributed by atoms with Gasteiger partial charge in [0.05, 0.1) is 0 Å². The predicted molar refractivity (Wildman–Crippen MR) is 70.3 cm³/mol. The zero-order valence-electron chi connectivity index (χ0n) is 11.3. The number of hydrogen-bond acceptors (Lipinski definition) is 1. The summed E-state index contributed by atoms with van der Waals surface area (Å²) >= 11 is 0. The fourth-order valence-corrected chi connectivity index (χ4v) is 2.08. The molecule has 92 valence electrons. The van der Waals surface area contributed by atoms with E-state index < -0.39 is 0 Å². The first kappa shape index (κ1) is 15.0. The van der Waals surface area contributed by atoms with Crippen LogP contribution in [0.3, 0.4) is 0 Å². The maximum atomic E-state index is 3.58. The van der Waals surface area contributed by atoms with Crippen LogP contribution in [0.4, 0.5) is 0 Å². The van der Waals surface area contributed by atoms with Crippen LogP contribution in [0, 0.1) is 5.92 Å². The maximum Gasteiger partial charge on any atom is 0.00899 e. The first-order chi connectivity index (χ1) is 7.22. The van der Waals surface area contributed by atoms with E-state index >= 15 is 0 Å². The van der Waals surface area contributed by atoms with Gasteiger partial charge >= 0.3 is 0 Å². The number of rotatable bonds is 10. The molecule has 0 aliphatic carbocycles. The first-order valence-electron chi connectivity index (χ1n) is 6.95. The zero-order chi connectivity index (χ0) is 11.5. The molecule has 0 saturated heterocycles. The summed E-state index contributed by atoms with van der Waals surface area (Å²) in [6, 6.07) is 0.737. The van der Waals surface area contributed by atoms with Crippen LogP contribution in [0.1, 0.15) is 72.6 Å². The van der Waals surface area contributed by atoms with Crippen LogP contribution in [0.25, 0.3) is 0 Å². The number of unbranched alkanes of at least 4 members (excludes halogenated alkanes) is 5. The van der Waals surface area contributed by atoms with Crippen molar-refractivity contribution in [3.8, 4) is 0 Å². The Morgan fingerprint density at radius 2 is 1.47 bits per heavy atom. The van der Waals surface area contributed by atoms with E-state index in [0.717, 1.165) is 18.5 Å². The minimum atomic E-state index is 0.737. The van der Waals surface area contributed by atoms with E-state index in [2.05, 4.69) is 33.0 Å². The van der Waals surface area contributed by atoms with Gasteiger partial charge in [-0.05, 0) is 18.9 Å². The van der Waals surface area contributed by atoms with E-state index in [9.17, 15) is 0 Å². The molecule has 0 saturated carbocycles. The molecule has 0 amide bonds. The standard InChI is InChI=1S/C14H31N/c1-5-7-8-9-10-11-12-14(13(3)4)15-6-2/h13-15H,5-12H2,1-4H3. The van der Waals surface area contributed by atoms with Gasteiger partial charge in [-0.1, -0.05) is 66.2 Å². The molecule has 1 N–H and O–H groups in total. The van der Waals surface area contributed by atoms with Crippen LogP contribution in [-0.2, 0) is 0 Å². The number of nitrogens with one attached hydrogen (secondary N) is 1. The van der Waals surface area contributed by atoms with Crippen molar-refractivity contribution in [1.82, 2.24) is 5.32 Å². The lowest BCUT2D eigenvalue weighted by molar-refractivity contribution is 0.370. The molecule has 0 aromatic rings. The Labute approximate surface area is 97.0 Å². The molecule has 1 unspecified atom stereocenters. The van der Waals surface area contributed by atoms with E-state index in [1.54, 1.807) is 0 Å². The maximum absolute atomic E-state index is 3.58. The Morgan fingerprint density at radius 1 is 0.867 bits per heavy atom. The summed E-state index contributed by atoms with van der Waals surface area (Å²) in [4.78, 5) is 0. The summed E-state index contributed by atoms with van der Waals surface area (Å²) in [5.74, 6) is 0.778. The third-order valence-corrected chi connectivity index (χ3v) is 3.14. The second kappa shape index (κ2) is 10.5. The lowest BCUT2D eigenvalue weighted by atomic mass is 9.97. The molecule has 15 heavy (non-hydrogen) atoms. The van der Waals surface area contributed by atoms with Crippen molar-refractivity contribution in [3.63, 3.8) is 0 Å². The monoisotopic (exact) mass is 213 g/mol. The first-order valence-corrected chi connectivity index (χ1v) is 6.95. The SMILES string of the molecule is CCCCCCCCC(NCC)C(C)C. The van der Waals surface area contributed by atoms with Gasteiger partial charge in [0.15, 0.2) is 0 Å². The molecule has 0 fully saturated rings. The lowest BCUT2D eigenvalue weighted by Crippen LogP contribution is -2.33. The van der Waals surface area contributed by atoms with Crippen molar-refractivity contribution in [2.75, 3.05) is 6.54 Å². The minimum Gasteiger partial charge on any atom is -0.314 e. The third-order valence-electron chi connectivity index (χ3n) is 3.14. The molecule has 0 bridgehead atoms. The Balaban J connectivity index is 3.37. The second-order valence-electron chi connectivity index (χ2n) is 4.96. The quantitative estimate of drug-likeness (QED) is 0.531. The van der Waals surface area contributed by atoms with Gasteiger partial charge in [0.2, 0.25) is 0 Å². The average Bonchev–Trinajstić information content (AvgIpc) is 2.21. The van der Waals surface area contributed by atoms with Crippen LogP contribution in [0.15, 0.2) is 0 Å². The Bertz CT molecular complexity index is 121. The van der Waals surface area contributed by atoms with Crippen molar-refractivity contribution in [2.45, 2.75) is 78.7 Å². The fraction of sp³-hybridized carbons (Fsp3) is 1.00. The van der Waals surface area contributed by atoms with E-state index in [0.29, 0.717) is 0 Å². The van der Waals surface area contributed by atoms with Crippen molar-refractivity contribution in [1.29, 1.82) is 0 Å². The highest BCUT2D eigenvalue weighted by atomic mass is 14.9. The summed E-state index contributed by atoms with van der Waals surface area (Å²) in [7, 11) is 0. The molecule has 1 heteroatoms. The summed E-state index contributed by atoms with van der Waals surface area (Å²) in [5.41, 5.74) is 0. The Morgan fingerprint density at radius 3 is 2.00 bits per heavy atom. The van der Waals surface area contributed by atoms with Gasteiger partial charge in [-0.2, -0.15) is 0 Å². The second-order valence-corrected chi connectivity index (χ2v) is 4.96. The smallest absolute Gasteiger partial charge is 0.00899 e. The summed E-state index contributed by atoms with van der Waals surface area (Å²) < 4.78 is 0. The van der Waals surface area contributed by atoms with Gasteiger partial charge < -0.3 is 5.32 Å². The van der Waals surface area contributed by atoms with Gasteiger partial charge in [0, 0.05) is 6.04 Å².